The normalized spacial score (nSPS) is 10.7. The maximum atomic E-state index is 4.79. The van der Waals surface area contributed by atoms with Crippen molar-refractivity contribution in [2.75, 3.05) is 0 Å². The van der Waals surface area contributed by atoms with Crippen molar-refractivity contribution in [3.63, 3.8) is 0 Å². The Kier molecular flexibility index (Phi) is 5.14. The summed E-state index contributed by atoms with van der Waals surface area (Å²) in [7, 11) is 0. The molecule has 0 N–H and O–H groups in total. The average Bonchev–Trinajstić information content (AvgIpc) is 2.71. The molecule has 0 aliphatic heterocycles. The summed E-state index contributed by atoms with van der Waals surface area (Å²) >= 11 is 6.59. The van der Waals surface area contributed by atoms with Crippen LogP contribution in [-0.2, 0) is 0 Å². The second-order valence-corrected chi connectivity index (χ2v) is 7.58. The first-order chi connectivity index (χ1) is 12.8. The van der Waals surface area contributed by atoms with Gasteiger partial charge in [0.1, 0.15) is 0 Å². The Hall–Kier alpha value is -2.42. The molecule has 0 saturated carbocycles. The quantitative estimate of drug-likeness (QED) is 0.364. The molecule has 4 aromatic rings. The van der Waals surface area contributed by atoms with Crippen molar-refractivity contribution in [3.05, 3.63) is 103 Å². The lowest BCUT2D eigenvalue weighted by Gasteiger charge is -2.17. The van der Waals surface area contributed by atoms with Gasteiger partial charge in [0.05, 0.1) is 0 Å². The topological polar surface area (TPSA) is 0 Å². The van der Waals surface area contributed by atoms with Crippen LogP contribution >= 0.6 is 24.4 Å². The van der Waals surface area contributed by atoms with Crippen LogP contribution in [0.1, 0.15) is 0 Å². The molecule has 0 amide bonds. The minimum Gasteiger partial charge on any atom is -0.143 e. The van der Waals surface area contributed by atoms with E-state index in [0.717, 1.165) is 4.90 Å². The van der Waals surface area contributed by atoms with Gasteiger partial charge in [-0.05, 0) is 35.4 Å². The highest BCUT2D eigenvalue weighted by Gasteiger charge is 2.16. The summed E-state index contributed by atoms with van der Waals surface area (Å²) in [5, 5.41) is 0. The van der Waals surface area contributed by atoms with E-state index in [-0.39, 0.29) is 0 Å². The molecule has 0 saturated heterocycles. The van der Waals surface area contributed by atoms with Crippen molar-refractivity contribution < 1.29 is 0 Å². The maximum absolute atomic E-state index is 4.79. The molecular weight excluding hydrogens is 352 g/mol. The fourth-order valence-electron chi connectivity index (χ4n) is 3.06. The number of thiol groups is 1. The number of hydrogen-bond acceptors (Lipinski definition) is 2. The van der Waals surface area contributed by atoms with Gasteiger partial charge in [0.25, 0.3) is 0 Å². The summed E-state index contributed by atoms with van der Waals surface area (Å²) in [5.74, 6) is 0. The summed E-state index contributed by atoms with van der Waals surface area (Å²) in [5.41, 5.74) is 4.81. The minimum absolute atomic E-state index is 0.993. The van der Waals surface area contributed by atoms with Crippen LogP contribution in [0, 0.1) is 0 Å². The molecule has 0 aromatic heterocycles. The Morgan fingerprint density at radius 3 is 1.58 bits per heavy atom. The van der Waals surface area contributed by atoms with Crippen molar-refractivity contribution in [3.8, 4) is 22.3 Å². The molecule has 0 radical (unpaired) electrons. The molecule has 0 nitrogen and oxygen atoms in total. The Bertz CT molecular complexity index is 994. The van der Waals surface area contributed by atoms with Gasteiger partial charge < -0.3 is 0 Å². The molecule has 4 aromatic carbocycles. The first kappa shape index (κ1) is 17.0. The van der Waals surface area contributed by atoms with E-state index in [1.807, 2.05) is 12.1 Å². The Balaban J connectivity index is 1.95. The zero-order valence-electron chi connectivity index (χ0n) is 14.2. The molecule has 0 aliphatic rings. The van der Waals surface area contributed by atoms with E-state index in [1.54, 1.807) is 11.8 Å². The van der Waals surface area contributed by atoms with Crippen molar-refractivity contribution >= 4 is 24.4 Å². The predicted octanol–water partition coefficient (Wildman–Crippen LogP) is 7.46. The monoisotopic (exact) mass is 370 g/mol. The maximum Gasteiger partial charge on any atom is 0.0207 e. The first-order valence-corrected chi connectivity index (χ1v) is 9.79. The van der Waals surface area contributed by atoms with Crippen LogP contribution < -0.4 is 0 Å². The van der Waals surface area contributed by atoms with E-state index >= 15 is 0 Å². The molecule has 0 fully saturated rings. The molecule has 2 heteroatoms. The lowest BCUT2D eigenvalue weighted by Crippen LogP contribution is -1.91. The summed E-state index contributed by atoms with van der Waals surface area (Å²) in [6, 6.07) is 35.9. The zero-order chi connectivity index (χ0) is 17.8. The third-order valence-electron chi connectivity index (χ3n) is 4.24. The van der Waals surface area contributed by atoms with Crippen LogP contribution in [0.5, 0.6) is 0 Å². The molecule has 0 aliphatic carbocycles. The smallest absolute Gasteiger partial charge is 0.0207 e. The highest BCUT2D eigenvalue weighted by molar-refractivity contribution is 7.99. The summed E-state index contributed by atoms with van der Waals surface area (Å²) in [6.45, 7) is 0. The van der Waals surface area contributed by atoms with Gasteiger partial charge in [-0.25, -0.2) is 0 Å². The molecule has 4 rings (SSSR count). The van der Waals surface area contributed by atoms with Gasteiger partial charge in [0, 0.05) is 25.8 Å². The van der Waals surface area contributed by atoms with Crippen LogP contribution in [0.3, 0.4) is 0 Å². The van der Waals surface area contributed by atoms with Gasteiger partial charge >= 0.3 is 0 Å². The number of rotatable bonds is 4. The molecule has 0 bridgehead atoms. The Labute approximate surface area is 164 Å². The lowest BCUT2D eigenvalue weighted by atomic mass is 9.94. The van der Waals surface area contributed by atoms with Crippen molar-refractivity contribution in [2.24, 2.45) is 0 Å². The third-order valence-corrected chi connectivity index (χ3v) is 5.68. The number of hydrogen-bond donors (Lipinski definition) is 1. The van der Waals surface area contributed by atoms with Crippen LogP contribution in [0.15, 0.2) is 118 Å². The van der Waals surface area contributed by atoms with E-state index in [0.29, 0.717) is 0 Å². The second-order valence-electron chi connectivity index (χ2n) is 5.98. The van der Waals surface area contributed by atoms with Crippen LogP contribution in [-0.4, -0.2) is 0 Å². The number of benzene rings is 4. The molecule has 0 atom stereocenters. The van der Waals surface area contributed by atoms with Gasteiger partial charge in [-0.2, -0.15) is 0 Å². The van der Waals surface area contributed by atoms with Crippen molar-refractivity contribution in [1.82, 2.24) is 0 Å². The fourth-order valence-corrected chi connectivity index (χ4v) is 4.38. The molecular formula is C24H18S2. The third kappa shape index (κ3) is 3.57. The summed E-state index contributed by atoms with van der Waals surface area (Å²) in [6.07, 6.45) is 0. The lowest BCUT2D eigenvalue weighted by molar-refractivity contribution is 1.34. The largest absolute Gasteiger partial charge is 0.143 e. The standard InChI is InChI=1S/C24H18S2/c25-21-16-17-22(26-20-14-8-3-9-15-20)24(19-12-6-2-7-13-19)23(21)18-10-4-1-5-11-18/h1-17,25H. The van der Waals surface area contributed by atoms with Gasteiger partial charge in [0.15, 0.2) is 0 Å². The molecule has 26 heavy (non-hydrogen) atoms. The van der Waals surface area contributed by atoms with Gasteiger partial charge in [0.2, 0.25) is 0 Å². The van der Waals surface area contributed by atoms with E-state index < -0.39 is 0 Å². The van der Waals surface area contributed by atoms with E-state index in [4.69, 9.17) is 12.6 Å². The Morgan fingerprint density at radius 2 is 1.00 bits per heavy atom. The van der Waals surface area contributed by atoms with E-state index in [9.17, 15) is 0 Å². The zero-order valence-corrected chi connectivity index (χ0v) is 15.9. The Morgan fingerprint density at radius 1 is 0.500 bits per heavy atom. The molecule has 0 unspecified atom stereocenters. The van der Waals surface area contributed by atoms with Crippen LogP contribution in [0.4, 0.5) is 0 Å². The fraction of sp³-hybridized carbons (Fsp3) is 0. The van der Waals surface area contributed by atoms with E-state index in [2.05, 4.69) is 91.0 Å². The summed E-state index contributed by atoms with van der Waals surface area (Å²) in [4.78, 5) is 3.46. The van der Waals surface area contributed by atoms with Crippen LogP contribution in [0.25, 0.3) is 22.3 Å². The highest BCUT2D eigenvalue weighted by Crippen LogP contribution is 2.44. The molecule has 0 heterocycles. The highest BCUT2D eigenvalue weighted by atomic mass is 32.2. The second kappa shape index (κ2) is 7.86. The molecule has 0 spiro atoms. The van der Waals surface area contributed by atoms with Crippen LogP contribution in [0.2, 0.25) is 0 Å². The van der Waals surface area contributed by atoms with Crippen molar-refractivity contribution in [2.45, 2.75) is 14.7 Å². The SMILES string of the molecule is Sc1ccc(Sc2ccccc2)c(-c2ccccc2)c1-c1ccccc1. The summed E-state index contributed by atoms with van der Waals surface area (Å²) < 4.78 is 0. The van der Waals surface area contributed by atoms with E-state index in [1.165, 1.54) is 32.0 Å². The predicted molar refractivity (Wildman–Crippen MR) is 115 cm³/mol. The average molecular weight is 371 g/mol. The van der Waals surface area contributed by atoms with Gasteiger partial charge in [-0.1, -0.05) is 90.6 Å². The minimum atomic E-state index is 0.993. The van der Waals surface area contributed by atoms with Gasteiger partial charge in [-0.3, -0.25) is 0 Å². The molecule has 126 valence electrons. The van der Waals surface area contributed by atoms with Crippen molar-refractivity contribution in [1.29, 1.82) is 0 Å². The van der Waals surface area contributed by atoms with Gasteiger partial charge in [-0.15, -0.1) is 12.6 Å². The first-order valence-electron chi connectivity index (χ1n) is 8.52.